The number of rotatable bonds is 5. The molecule has 1 aromatic carbocycles. The smallest absolute Gasteiger partial charge is 0.179 e. The van der Waals surface area contributed by atoms with Crippen LogP contribution in [0, 0.1) is 0 Å². The van der Waals surface area contributed by atoms with E-state index in [4.69, 9.17) is 11.6 Å². The molecule has 0 radical (unpaired) electrons. The molecule has 96 valence electrons. The van der Waals surface area contributed by atoms with E-state index in [1.165, 1.54) is 0 Å². The Bertz CT molecular complexity index is 530. The number of hydrogen-bond acceptors (Lipinski definition) is 6. The highest BCUT2D eigenvalue weighted by atomic mass is 35.5. The van der Waals surface area contributed by atoms with Gasteiger partial charge in [0.1, 0.15) is 0 Å². The van der Waals surface area contributed by atoms with Gasteiger partial charge < -0.3 is 5.32 Å². The van der Waals surface area contributed by atoms with Crippen molar-refractivity contribution in [2.45, 2.75) is 20.1 Å². The minimum atomic E-state index is 0.777. The average molecular weight is 318 g/mol. The lowest BCUT2D eigenvalue weighted by Gasteiger charge is -2.05. The molecule has 7 heteroatoms. The fraction of sp³-hybridized carbons (Fsp3) is 0.273. The van der Waals surface area contributed by atoms with Crippen molar-refractivity contribution in [1.29, 1.82) is 0 Å². The zero-order chi connectivity index (χ0) is 13.0. The maximum atomic E-state index is 6.22. The van der Waals surface area contributed by atoms with Gasteiger partial charge in [0.2, 0.25) is 0 Å². The van der Waals surface area contributed by atoms with Crippen molar-refractivity contribution in [3.05, 3.63) is 28.8 Å². The van der Waals surface area contributed by atoms with Gasteiger partial charge in [0.15, 0.2) is 8.68 Å². The molecule has 0 unspecified atom stereocenters. The van der Waals surface area contributed by atoms with Crippen molar-refractivity contribution in [2.75, 3.05) is 13.3 Å². The molecule has 0 amide bonds. The first-order valence-corrected chi connectivity index (χ1v) is 8.45. The molecular weight excluding hydrogens is 306 g/mol. The lowest BCUT2D eigenvalue weighted by molar-refractivity contribution is 0.817. The fourth-order valence-electron chi connectivity index (χ4n) is 1.35. The largest absolute Gasteiger partial charge is 0.316 e. The third-order valence-electron chi connectivity index (χ3n) is 2.16. The van der Waals surface area contributed by atoms with Crippen LogP contribution in [0.5, 0.6) is 0 Å². The summed E-state index contributed by atoms with van der Waals surface area (Å²) in [5.74, 6) is 0. The number of nitrogens with zero attached hydrogens (tertiary/aromatic N) is 2. The molecule has 0 saturated heterocycles. The molecule has 0 spiro atoms. The number of halogens is 1. The van der Waals surface area contributed by atoms with Crippen LogP contribution >= 0.6 is 46.5 Å². The van der Waals surface area contributed by atoms with Crippen molar-refractivity contribution in [3.63, 3.8) is 0 Å². The minimum Gasteiger partial charge on any atom is -0.316 e. The van der Waals surface area contributed by atoms with E-state index in [1.54, 1.807) is 34.9 Å². The van der Waals surface area contributed by atoms with Crippen molar-refractivity contribution in [3.8, 4) is 0 Å². The van der Waals surface area contributed by atoms with E-state index in [-0.39, 0.29) is 0 Å². The van der Waals surface area contributed by atoms with Crippen LogP contribution < -0.4 is 5.32 Å². The average Bonchev–Trinajstić information content (AvgIpc) is 2.80. The third kappa shape index (κ3) is 3.61. The first kappa shape index (κ1) is 14.1. The van der Waals surface area contributed by atoms with Crippen molar-refractivity contribution in [1.82, 2.24) is 15.5 Å². The van der Waals surface area contributed by atoms with Gasteiger partial charge in [-0.1, -0.05) is 52.5 Å². The monoisotopic (exact) mass is 317 g/mol. The maximum absolute atomic E-state index is 6.22. The molecule has 0 aliphatic heterocycles. The molecule has 2 aromatic rings. The number of benzene rings is 1. The number of hydrogen-bond donors (Lipinski definition) is 1. The highest BCUT2D eigenvalue weighted by Gasteiger charge is 2.07. The third-order valence-corrected chi connectivity index (χ3v) is 5.45. The Hall–Kier alpha value is -0.270. The second kappa shape index (κ2) is 6.77. The normalized spacial score (nSPS) is 10.8. The Labute approximate surface area is 124 Å². The Kier molecular flexibility index (Phi) is 5.32. The van der Waals surface area contributed by atoms with Crippen LogP contribution in [0.15, 0.2) is 31.8 Å². The summed E-state index contributed by atoms with van der Waals surface area (Å²) in [5.41, 5.74) is 1.10. The van der Waals surface area contributed by atoms with Gasteiger partial charge in [-0.2, -0.15) is 0 Å². The molecule has 2 rings (SSSR count). The summed E-state index contributed by atoms with van der Waals surface area (Å²) in [4.78, 5) is 1.09. The van der Waals surface area contributed by atoms with Gasteiger partial charge in [0, 0.05) is 16.5 Å². The predicted molar refractivity (Wildman–Crippen MR) is 80.0 cm³/mol. The molecule has 1 aromatic heterocycles. The standard InChI is InChI=1S/C11H12ClN3S3/c1-13-6-7-3-4-8(5-9(7)12)17-11-15-14-10(16-2)18-11/h3-5,13H,6H2,1-2H3. The second-order valence-electron chi connectivity index (χ2n) is 3.42. The van der Waals surface area contributed by atoms with Gasteiger partial charge in [-0.25, -0.2) is 0 Å². The van der Waals surface area contributed by atoms with E-state index in [2.05, 4.69) is 21.6 Å². The molecule has 1 heterocycles. The second-order valence-corrected chi connectivity index (χ2v) is 7.18. The van der Waals surface area contributed by atoms with Crippen LogP contribution in [0.3, 0.4) is 0 Å². The Morgan fingerprint density at radius 2 is 2.11 bits per heavy atom. The zero-order valence-electron chi connectivity index (χ0n) is 9.94. The van der Waals surface area contributed by atoms with Crippen LogP contribution in [0.25, 0.3) is 0 Å². The quantitative estimate of drug-likeness (QED) is 0.849. The number of aromatic nitrogens is 2. The van der Waals surface area contributed by atoms with Crippen molar-refractivity contribution >= 4 is 46.5 Å². The van der Waals surface area contributed by atoms with E-state index >= 15 is 0 Å². The summed E-state index contributed by atoms with van der Waals surface area (Å²) in [6.07, 6.45) is 2.00. The summed E-state index contributed by atoms with van der Waals surface area (Å²) < 4.78 is 1.92. The molecular formula is C11H12ClN3S3. The summed E-state index contributed by atoms with van der Waals surface area (Å²) in [7, 11) is 1.91. The molecule has 0 atom stereocenters. The summed E-state index contributed by atoms with van der Waals surface area (Å²) in [6.45, 7) is 0.777. The zero-order valence-corrected chi connectivity index (χ0v) is 13.1. The molecule has 0 bridgehead atoms. The topological polar surface area (TPSA) is 37.8 Å². The van der Waals surface area contributed by atoms with Crippen molar-refractivity contribution in [2.24, 2.45) is 0 Å². The summed E-state index contributed by atoms with van der Waals surface area (Å²) in [6, 6.07) is 6.07. The fourth-order valence-corrected chi connectivity index (χ4v) is 4.11. The molecule has 18 heavy (non-hydrogen) atoms. The first-order valence-electron chi connectivity index (χ1n) is 5.21. The van der Waals surface area contributed by atoms with Gasteiger partial charge >= 0.3 is 0 Å². The highest BCUT2D eigenvalue weighted by molar-refractivity contribution is 8.03. The van der Waals surface area contributed by atoms with Crippen LogP contribution in [-0.2, 0) is 6.54 Å². The summed E-state index contributed by atoms with van der Waals surface area (Å²) >= 11 is 11.0. The van der Waals surface area contributed by atoms with Gasteiger partial charge in [0.25, 0.3) is 0 Å². The van der Waals surface area contributed by atoms with Gasteiger partial charge in [0.05, 0.1) is 0 Å². The maximum Gasteiger partial charge on any atom is 0.179 e. The number of thioether (sulfide) groups is 1. The Balaban J connectivity index is 2.12. The van der Waals surface area contributed by atoms with Crippen molar-refractivity contribution < 1.29 is 0 Å². The molecule has 1 N–H and O–H groups in total. The van der Waals surface area contributed by atoms with Gasteiger partial charge in [-0.15, -0.1) is 10.2 Å². The van der Waals surface area contributed by atoms with E-state index in [9.17, 15) is 0 Å². The molecule has 0 saturated carbocycles. The van der Waals surface area contributed by atoms with E-state index in [0.717, 1.165) is 30.7 Å². The predicted octanol–water partition coefficient (Wildman–Crippen LogP) is 3.78. The van der Waals surface area contributed by atoms with Crippen LogP contribution in [0.1, 0.15) is 5.56 Å². The van der Waals surface area contributed by atoms with E-state index < -0.39 is 0 Å². The molecule has 0 aliphatic rings. The highest BCUT2D eigenvalue weighted by Crippen LogP contribution is 2.34. The van der Waals surface area contributed by atoms with E-state index in [1.807, 2.05) is 25.4 Å². The number of nitrogens with one attached hydrogen (secondary N) is 1. The molecule has 0 fully saturated rings. The Morgan fingerprint density at radius 3 is 2.72 bits per heavy atom. The Morgan fingerprint density at radius 1 is 1.33 bits per heavy atom. The molecule has 0 aliphatic carbocycles. The lowest BCUT2D eigenvalue weighted by Crippen LogP contribution is -2.05. The van der Waals surface area contributed by atoms with E-state index in [0.29, 0.717) is 0 Å². The van der Waals surface area contributed by atoms with Gasteiger partial charge in [-0.05, 0) is 31.0 Å². The first-order chi connectivity index (χ1) is 8.72. The van der Waals surface area contributed by atoms with Gasteiger partial charge in [-0.3, -0.25) is 0 Å². The van der Waals surface area contributed by atoms with Crippen LogP contribution in [0.4, 0.5) is 0 Å². The van der Waals surface area contributed by atoms with Crippen LogP contribution in [0.2, 0.25) is 5.02 Å². The van der Waals surface area contributed by atoms with Crippen LogP contribution in [-0.4, -0.2) is 23.5 Å². The minimum absolute atomic E-state index is 0.777. The lowest BCUT2D eigenvalue weighted by atomic mass is 10.2. The SMILES string of the molecule is CNCc1ccc(Sc2nnc(SC)s2)cc1Cl. The molecule has 3 nitrogen and oxygen atoms in total. The summed E-state index contributed by atoms with van der Waals surface area (Å²) in [5, 5.41) is 12.1.